The van der Waals surface area contributed by atoms with Crippen LogP contribution in [-0.4, -0.2) is 49.7 Å². The predicted molar refractivity (Wildman–Crippen MR) is 134 cm³/mol. The molecule has 1 saturated heterocycles. The van der Waals surface area contributed by atoms with Gasteiger partial charge in [-0.3, -0.25) is 19.4 Å². The molecule has 1 fully saturated rings. The molecule has 2 aliphatic heterocycles. The molecule has 2 aliphatic rings. The molecule has 0 spiro atoms. The lowest BCUT2D eigenvalue weighted by Gasteiger charge is -2.28. The van der Waals surface area contributed by atoms with Crippen molar-refractivity contribution in [3.8, 4) is 6.07 Å². The predicted octanol–water partition coefficient (Wildman–Crippen LogP) is 2.81. The van der Waals surface area contributed by atoms with E-state index in [1.807, 2.05) is 51.1 Å². The molecule has 184 valence electrons. The van der Waals surface area contributed by atoms with Crippen LogP contribution in [0.25, 0.3) is 0 Å². The molecule has 2 aromatic rings. The van der Waals surface area contributed by atoms with Crippen molar-refractivity contribution in [2.24, 2.45) is 10.4 Å². The second-order valence-electron chi connectivity index (χ2n) is 10.5. The Kier molecular flexibility index (Phi) is 6.71. The molecule has 2 heterocycles. The van der Waals surface area contributed by atoms with Crippen molar-refractivity contribution in [3.05, 3.63) is 65.7 Å². The fourth-order valence-corrected chi connectivity index (χ4v) is 5.81. The number of carbonyl (C=O) groups excluding carboxylic acids is 1. The van der Waals surface area contributed by atoms with Gasteiger partial charge in [0.25, 0.3) is 10.0 Å². The van der Waals surface area contributed by atoms with Gasteiger partial charge in [0.05, 0.1) is 11.0 Å². The third-order valence-corrected chi connectivity index (χ3v) is 7.63. The van der Waals surface area contributed by atoms with Gasteiger partial charge >= 0.3 is 0 Å². The summed E-state index contributed by atoms with van der Waals surface area (Å²) in [7, 11) is -3.72. The molecule has 2 atom stereocenters. The molecule has 2 N–H and O–H groups in total. The van der Waals surface area contributed by atoms with Crippen molar-refractivity contribution >= 4 is 21.8 Å². The van der Waals surface area contributed by atoms with Gasteiger partial charge < -0.3 is 5.32 Å². The van der Waals surface area contributed by atoms with Crippen LogP contribution in [0.5, 0.6) is 0 Å². The molecule has 2 aromatic carbocycles. The Morgan fingerprint density at radius 2 is 1.89 bits per heavy atom. The van der Waals surface area contributed by atoms with Crippen LogP contribution in [0.2, 0.25) is 0 Å². The zero-order valence-corrected chi connectivity index (χ0v) is 21.1. The SMILES string of the molecule is CC(C)(C)CC(N=C1NS(=O)(=O)c2ccccc21)C(=O)NC1(C#N)CCN(Cc2ccccc2)C1. The summed E-state index contributed by atoms with van der Waals surface area (Å²) >= 11 is 0. The van der Waals surface area contributed by atoms with Crippen LogP contribution in [0.1, 0.15) is 44.7 Å². The van der Waals surface area contributed by atoms with Crippen LogP contribution < -0.4 is 10.0 Å². The van der Waals surface area contributed by atoms with E-state index in [-0.39, 0.29) is 22.1 Å². The topological polar surface area (TPSA) is 115 Å². The Balaban J connectivity index is 1.56. The number of nitrogens with zero attached hydrogens (tertiary/aromatic N) is 3. The summed E-state index contributed by atoms with van der Waals surface area (Å²) in [4.78, 5) is 20.4. The number of aliphatic imine (C=N–C) groups is 1. The van der Waals surface area contributed by atoms with Crippen LogP contribution >= 0.6 is 0 Å². The minimum Gasteiger partial charge on any atom is -0.335 e. The number of fused-ring (bicyclic) bond motifs is 1. The smallest absolute Gasteiger partial charge is 0.263 e. The third-order valence-electron chi connectivity index (χ3n) is 6.23. The van der Waals surface area contributed by atoms with Gasteiger partial charge in [-0.25, -0.2) is 8.42 Å². The summed E-state index contributed by atoms with van der Waals surface area (Å²) in [5.41, 5.74) is 0.327. The highest BCUT2D eigenvalue weighted by molar-refractivity contribution is 7.90. The molecule has 35 heavy (non-hydrogen) atoms. The van der Waals surface area contributed by atoms with Crippen molar-refractivity contribution in [3.63, 3.8) is 0 Å². The molecule has 4 rings (SSSR count). The molecular formula is C26H31N5O3S. The van der Waals surface area contributed by atoms with Crippen molar-refractivity contribution in [2.75, 3.05) is 13.1 Å². The minimum absolute atomic E-state index is 0.148. The standard InChI is InChI=1S/C26H31N5O3S/c1-25(2,3)15-21(28-23-20-11-7-8-12-22(20)35(33,34)30-23)24(32)29-26(17-27)13-14-31(18-26)16-19-9-5-4-6-10-19/h4-12,21H,13-16,18H2,1-3H3,(H,28,30)(H,29,32). The van der Waals surface area contributed by atoms with E-state index in [0.717, 1.165) is 5.56 Å². The Labute approximate surface area is 207 Å². The Morgan fingerprint density at radius 3 is 2.57 bits per heavy atom. The lowest BCUT2D eigenvalue weighted by molar-refractivity contribution is -0.124. The zero-order valence-electron chi connectivity index (χ0n) is 20.3. The quantitative estimate of drug-likeness (QED) is 0.642. The number of benzene rings is 2. The van der Waals surface area contributed by atoms with Gasteiger partial charge in [-0.05, 0) is 36.0 Å². The monoisotopic (exact) mass is 493 g/mol. The number of sulfonamides is 1. The first-order valence-corrected chi connectivity index (χ1v) is 13.2. The number of amides is 1. The molecule has 0 aliphatic carbocycles. The average Bonchev–Trinajstić information content (AvgIpc) is 3.31. The summed E-state index contributed by atoms with van der Waals surface area (Å²) in [6.45, 7) is 7.80. The highest BCUT2D eigenvalue weighted by Gasteiger charge is 2.42. The molecule has 2 unspecified atom stereocenters. The second-order valence-corrected chi connectivity index (χ2v) is 12.1. The normalized spacial score (nSPS) is 23.3. The van der Waals surface area contributed by atoms with Crippen LogP contribution in [0, 0.1) is 16.7 Å². The van der Waals surface area contributed by atoms with E-state index in [1.165, 1.54) is 6.07 Å². The molecule has 0 radical (unpaired) electrons. The Morgan fingerprint density at radius 1 is 1.20 bits per heavy atom. The first-order valence-electron chi connectivity index (χ1n) is 11.7. The first kappa shape index (κ1) is 24.9. The number of hydrogen-bond acceptors (Lipinski definition) is 6. The third kappa shape index (κ3) is 5.72. The van der Waals surface area contributed by atoms with E-state index < -0.39 is 21.6 Å². The highest BCUT2D eigenvalue weighted by Crippen LogP contribution is 2.28. The summed E-state index contributed by atoms with van der Waals surface area (Å²) in [5.74, 6) is -0.216. The molecule has 0 aromatic heterocycles. The Hall–Kier alpha value is -3.22. The number of likely N-dealkylation sites (tertiary alicyclic amines) is 1. The van der Waals surface area contributed by atoms with Gasteiger partial charge in [0, 0.05) is 25.2 Å². The number of hydrogen-bond donors (Lipinski definition) is 2. The second kappa shape index (κ2) is 9.44. The fraction of sp³-hybridized carbons (Fsp3) is 0.423. The van der Waals surface area contributed by atoms with Gasteiger partial charge in [0.1, 0.15) is 17.4 Å². The fourth-order valence-electron chi connectivity index (χ4n) is 4.57. The summed E-state index contributed by atoms with van der Waals surface area (Å²) in [5, 5.41) is 13.0. The van der Waals surface area contributed by atoms with Crippen LogP contribution in [-0.2, 0) is 21.4 Å². The van der Waals surface area contributed by atoms with E-state index in [1.54, 1.807) is 18.2 Å². The number of amidine groups is 1. The van der Waals surface area contributed by atoms with E-state index in [9.17, 15) is 18.5 Å². The number of nitrogens with one attached hydrogen (secondary N) is 2. The van der Waals surface area contributed by atoms with Crippen molar-refractivity contribution in [1.82, 2.24) is 14.9 Å². The van der Waals surface area contributed by atoms with Crippen LogP contribution in [0.15, 0.2) is 64.5 Å². The van der Waals surface area contributed by atoms with Crippen molar-refractivity contribution in [2.45, 2.75) is 56.6 Å². The van der Waals surface area contributed by atoms with Crippen molar-refractivity contribution < 1.29 is 13.2 Å². The van der Waals surface area contributed by atoms with Crippen LogP contribution in [0.3, 0.4) is 0 Å². The maximum Gasteiger partial charge on any atom is 0.263 e. The van der Waals surface area contributed by atoms with E-state index in [2.05, 4.69) is 26.0 Å². The molecule has 1 amide bonds. The average molecular weight is 494 g/mol. The zero-order chi connectivity index (χ0) is 25.3. The first-order chi connectivity index (χ1) is 16.5. The van der Waals surface area contributed by atoms with Crippen LogP contribution in [0.4, 0.5) is 0 Å². The maximum atomic E-state index is 13.5. The Bertz CT molecular complexity index is 1280. The lowest BCUT2D eigenvalue weighted by atomic mass is 9.87. The maximum absolute atomic E-state index is 13.5. The molecular weight excluding hydrogens is 462 g/mol. The minimum atomic E-state index is -3.72. The van der Waals surface area contributed by atoms with E-state index >= 15 is 0 Å². The van der Waals surface area contributed by atoms with E-state index in [0.29, 0.717) is 38.0 Å². The molecule has 8 nitrogen and oxygen atoms in total. The van der Waals surface area contributed by atoms with Crippen molar-refractivity contribution in [1.29, 1.82) is 5.26 Å². The summed E-state index contributed by atoms with van der Waals surface area (Å²) in [6, 6.07) is 18.1. The summed E-state index contributed by atoms with van der Waals surface area (Å²) in [6.07, 6.45) is 0.901. The summed E-state index contributed by atoms with van der Waals surface area (Å²) < 4.78 is 27.5. The lowest BCUT2D eigenvalue weighted by Crippen LogP contribution is -2.52. The number of carbonyl (C=O) groups is 1. The largest absolute Gasteiger partial charge is 0.335 e. The van der Waals surface area contributed by atoms with Gasteiger partial charge in [0.15, 0.2) is 0 Å². The van der Waals surface area contributed by atoms with Gasteiger partial charge in [-0.15, -0.1) is 0 Å². The van der Waals surface area contributed by atoms with Gasteiger partial charge in [0.2, 0.25) is 5.91 Å². The molecule has 0 bridgehead atoms. The number of rotatable bonds is 6. The molecule has 9 heteroatoms. The van der Waals surface area contributed by atoms with Gasteiger partial charge in [-0.1, -0.05) is 63.2 Å². The number of nitriles is 1. The van der Waals surface area contributed by atoms with E-state index in [4.69, 9.17) is 0 Å². The van der Waals surface area contributed by atoms with Gasteiger partial charge in [-0.2, -0.15) is 5.26 Å². The molecule has 0 saturated carbocycles. The highest BCUT2D eigenvalue weighted by atomic mass is 32.2.